The second-order valence-corrected chi connectivity index (χ2v) is 8.61. The molecule has 1 aliphatic rings. The van der Waals surface area contributed by atoms with Crippen LogP contribution < -0.4 is 5.32 Å². The van der Waals surface area contributed by atoms with Gasteiger partial charge in [-0.15, -0.1) is 11.3 Å². The molecule has 0 radical (unpaired) electrons. The number of thiazole rings is 1. The number of rotatable bonds is 6. The van der Waals surface area contributed by atoms with Gasteiger partial charge in [-0.3, -0.25) is 4.99 Å². The van der Waals surface area contributed by atoms with E-state index in [-0.39, 0.29) is 0 Å². The molecule has 1 N–H and O–H groups in total. The van der Waals surface area contributed by atoms with Crippen molar-refractivity contribution in [1.82, 2.24) is 15.2 Å². The van der Waals surface area contributed by atoms with Gasteiger partial charge < -0.3 is 10.2 Å². The fourth-order valence-electron chi connectivity index (χ4n) is 2.63. The maximum atomic E-state index is 4.85. The Hall–Kier alpha value is -0.750. The first-order valence-electron chi connectivity index (χ1n) is 8.66. The number of thioether (sulfide) groups is 1. The lowest BCUT2D eigenvalue weighted by Gasteiger charge is -2.36. The summed E-state index contributed by atoms with van der Waals surface area (Å²) in [5, 5.41) is 7.54. The van der Waals surface area contributed by atoms with Crippen molar-refractivity contribution in [2.75, 3.05) is 31.9 Å². The first-order valence-corrected chi connectivity index (χ1v) is 10.6. The van der Waals surface area contributed by atoms with E-state index >= 15 is 0 Å². The summed E-state index contributed by atoms with van der Waals surface area (Å²) in [6.07, 6.45) is 2.10. The molecule has 0 aliphatic carbocycles. The van der Waals surface area contributed by atoms with Gasteiger partial charge in [0.2, 0.25) is 0 Å². The third-order valence-corrected chi connectivity index (χ3v) is 6.51. The second kappa shape index (κ2) is 9.52. The number of guanidine groups is 1. The van der Waals surface area contributed by atoms with E-state index in [2.05, 4.69) is 60.0 Å². The van der Waals surface area contributed by atoms with Crippen LogP contribution in [0.2, 0.25) is 0 Å². The standard InChI is InChI=1S/C17H30N4S2/c1-5-18-17(21-9-10-22-15(11-21)13(2)3)19-8-6-7-16-20-14(4)12-23-16/h12-13,15H,5-11H2,1-4H3,(H,18,19). The minimum Gasteiger partial charge on any atom is -0.357 e. The molecule has 1 aliphatic heterocycles. The molecular weight excluding hydrogens is 324 g/mol. The largest absolute Gasteiger partial charge is 0.357 e. The predicted molar refractivity (Wildman–Crippen MR) is 104 cm³/mol. The summed E-state index contributed by atoms with van der Waals surface area (Å²) in [6, 6.07) is 0. The molecule has 1 unspecified atom stereocenters. The Morgan fingerprint density at radius 3 is 3.00 bits per heavy atom. The Morgan fingerprint density at radius 1 is 1.52 bits per heavy atom. The third kappa shape index (κ3) is 5.99. The quantitative estimate of drug-likeness (QED) is 0.483. The second-order valence-electron chi connectivity index (χ2n) is 6.32. The molecule has 130 valence electrons. The van der Waals surface area contributed by atoms with E-state index in [4.69, 9.17) is 4.99 Å². The molecule has 4 nitrogen and oxygen atoms in total. The molecule has 6 heteroatoms. The van der Waals surface area contributed by atoms with E-state index in [1.807, 2.05) is 0 Å². The highest BCUT2D eigenvalue weighted by atomic mass is 32.2. The Bertz CT molecular complexity index is 499. The summed E-state index contributed by atoms with van der Waals surface area (Å²) >= 11 is 3.87. The van der Waals surface area contributed by atoms with Gasteiger partial charge in [0.1, 0.15) is 0 Å². The van der Waals surface area contributed by atoms with E-state index in [9.17, 15) is 0 Å². The first kappa shape index (κ1) is 18.6. The number of nitrogens with one attached hydrogen (secondary N) is 1. The highest BCUT2D eigenvalue weighted by Gasteiger charge is 2.24. The summed E-state index contributed by atoms with van der Waals surface area (Å²) in [5.41, 5.74) is 1.13. The zero-order valence-electron chi connectivity index (χ0n) is 14.8. The van der Waals surface area contributed by atoms with Crippen molar-refractivity contribution >= 4 is 29.1 Å². The van der Waals surface area contributed by atoms with Crippen LogP contribution in [-0.4, -0.2) is 53.0 Å². The maximum absolute atomic E-state index is 4.85. The molecule has 0 bridgehead atoms. The number of aryl methyl sites for hydroxylation is 2. The molecule has 0 spiro atoms. The lowest BCUT2D eigenvalue weighted by atomic mass is 10.1. The van der Waals surface area contributed by atoms with Gasteiger partial charge in [-0.1, -0.05) is 13.8 Å². The molecule has 1 saturated heterocycles. The highest BCUT2D eigenvalue weighted by Crippen LogP contribution is 2.24. The van der Waals surface area contributed by atoms with Crippen molar-refractivity contribution in [3.05, 3.63) is 16.1 Å². The SMILES string of the molecule is CCNC(=NCCCc1nc(C)cs1)N1CCSC(C(C)C)C1. The molecule has 2 heterocycles. The molecule has 1 aromatic heterocycles. The average molecular weight is 355 g/mol. The van der Waals surface area contributed by atoms with Crippen molar-refractivity contribution in [3.63, 3.8) is 0 Å². The van der Waals surface area contributed by atoms with Crippen LogP contribution in [0.1, 0.15) is 37.9 Å². The van der Waals surface area contributed by atoms with Gasteiger partial charge in [0, 0.05) is 54.7 Å². The fraction of sp³-hybridized carbons (Fsp3) is 0.765. The van der Waals surface area contributed by atoms with E-state index in [1.54, 1.807) is 11.3 Å². The van der Waals surface area contributed by atoms with Gasteiger partial charge in [0.05, 0.1) is 5.01 Å². The molecular formula is C17H30N4S2. The van der Waals surface area contributed by atoms with Crippen molar-refractivity contribution in [2.45, 2.75) is 45.8 Å². The molecule has 0 saturated carbocycles. The third-order valence-electron chi connectivity index (χ3n) is 3.95. The van der Waals surface area contributed by atoms with Gasteiger partial charge >= 0.3 is 0 Å². The number of nitrogens with zero attached hydrogens (tertiary/aromatic N) is 3. The number of aromatic nitrogens is 1. The number of aliphatic imine (C=N–C) groups is 1. The molecule has 2 rings (SSSR count). The van der Waals surface area contributed by atoms with Crippen molar-refractivity contribution in [1.29, 1.82) is 0 Å². The van der Waals surface area contributed by atoms with Crippen LogP contribution in [0.5, 0.6) is 0 Å². The van der Waals surface area contributed by atoms with E-state index < -0.39 is 0 Å². The van der Waals surface area contributed by atoms with Gasteiger partial charge in [-0.05, 0) is 26.2 Å². The van der Waals surface area contributed by atoms with Gasteiger partial charge in [0.25, 0.3) is 0 Å². The number of hydrogen-bond donors (Lipinski definition) is 1. The Labute approximate surface area is 149 Å². The van der Waals surface area contributed by atoms with Crippen LogP contribution in [0.3, 0.4) is 0 Å². The first-order chi connectivity index (χ1) is 11.1. The van der Waals surface area contributed by atoms with Crippen LogP contribution in [0.15, 0.2) is 10.4 Å². The molecule has 0 aromatic carbocycles. The van der Waals surface area contributed by atoms with Crippen molar-refractivity contribution in [2.24, 2.45) is 10.9 Å². The fourth-order valence-corrected chi connectivity index (χ4v) is 4.75. The molecule has 0 amide bonds. The Balaban J connectivity index is 1.86. The minimum atomic E-state index is 0.714. The van der Waals surface area contributed by atoms with Crippen molar-refractivity contribution < 1.29 is 0 Å². The van der Waals surface area contributed by atoms with E-state index in [1.165, 1.54) is 10.8 Å². The van der Waals surface area contributed by atoms with Gasteiger partial charge in [-0.2, -0.15) is 11.8 Å². The van der Waals surface area contributed by atoms with Gasteiger partial charge in [0.15, 0.2) is 5.96 Å². The van der Waals surface area contributed by atoms with Crippen LogP contribution in [0, 0.1) is 12.8 Å². The zero-order chi connectivity index (χ0) is 16.7. The molecule has 1 fully saturated rings. The highest BCUT2D eigenvalue weighted by molar-refractivity contribution is 8.00. The smallest absolute Gasteiger partial charge is 0.193 e. The summed E-state index contributed by atoms with van der Waals surface area (Å²) < 4.78 is 0. The minimum absolute atomic E-state index is 0.714. The van der Waals surface area contributed by atoms with Crippen LogP contribution >= 0.6 is 23.1 Å². The molecule has 1 aromatic rings. The van der Waals surface area contributed by atoms with Crippen LogP contribution in [-0.2, 0) is 6.42 Å². The maximum Gasteiger partial charge on any atom is 0.193 e. The predicted octanol–water partition coefficient (Wildman–Crippen LogP) is 3.42. The lowest BCUT2D eigenvalue weighted by Crippen LogP contribution is -2.49. The molecule has 1 atom stereocenters. The average Bonchev–Trinajstić information content (AvgIpc) is 2.96. The van der Waals surface area contributed by atoms with Crippen molar-refractivity contribution in [3.8, 4) is 0 Å². The normalized spacial score (nSPS) is 19.4. The summed E-state index contributed by atoms with van der Waals surface area (Å²) in [5.74, 6) is 3.01. The van der Waals surface area contributed by atoms with Crippen LogP contribution in [0.4, 0.5) is 0 Å². The summed E-state index contributed by atoms with van der Waals surface area (Å²) in [4.78, 5) is 11.8. The van der Waals surface area contributed by atoms with Crippen LogP contribution in [0.25, 0.3) is 0 Å². The van der Waals surface area contributed by atoms with E-state index in [0.29, 0.717) is 5.25 Å². The topological polar surface area (TPSA) is 40.5 Å². The monoisotopic (exact) mass is 354 g/mol. The van der Waals surface area contributed by atoms with Gasteiger partial charge in [-0.25, -0.2) is 4.98 Å². The Kier molecular flexibility index (Phi) is 7.70. The summed E-state index contributed by atoms with van der Waals surface area (Å²) in [6.45, 7) is 12.9. The number of hydrogen-bond acceptors (Lipinski definition) is 4. The Morgan fingerprint density at radius 2 is 2.35 bits per heavy atom. The lowest BCUT2D eigenvalue weighted by molar-refractivity contribution is 0.381. The summed E-state index contributed by atoms with van der Waals surface area (Å²) in [7, 11) is 0. The van der Waals surface area contributed by atoms with E-state index in [0.717, 1.165) is 56.6 Å². The zero-order valence-corrected chi connectivity index (χ0v) is 16.5. The molecule has 23 heavy (non-hydrogen) atoms.